The largest absolute Gasteiger partial charge is 0.376 e. The molecule has 0 heterocycles. The molecular weight excluding hydrogens is 384 g/mol. The van der Waals surface area contributed by atoms with E-state index in [1.807, 2.05) is 0 Å². The van der Waals surface area contributed by atoms with Crippen molar-refractivity contribution in [2.45, 2.75) is 0 Å². The second-order valence-electron chi connectivity index (χ2n) is 4.57. The van der Waals surface area contributed by atoms with Gasteiger partial charge in [0.1, 0.15) is 0 Å². The van der Waals surface area contributed by atoms with Crippen molar-refractivity contribution in [1.29, 1.82) is 0 Å². The van der Waals surface area contributed by atoms with Crippen molar-refractivity contribution < 1.29 is 14.1 Å². The smallest absolute Gasteiger partial charge is 0.306 e. The number of carbonyl (C=O) groups is 1. The standard InChI is InChI=1S/C14H9Cl3FN3O3/c15-8-4-10(17)12(5-9(8)16)20-14(22)6-19-7-1-2-11(18)13(3-7)21(23)24/h1-5,19H,6H2,(H,20,22). The summed E-state index contributed by atoms with van der Waals surface area (Å²) in [5.41, 5.74) is -0.200. The fourth-order valence-corrected chi connectivity index (χ4v) is 2.35. The van der Waals surface area contributed by atoms with Crippen molar-refractivity contribution in [3.8, 4) is 0 Å². The lowest BCUT2D eigenvalue weighted by molar-refractivity contribution is -0.387. The van der Waals surface area contributed by atoms with Gasteiger partial charge in [-0.2, -0.15) is 4.39 Å². The number of hydrogen-bond donors (Lipinski definition) is 2. The minimum atomic E-state index is -0.961. The number of anilines is 2. The van der Waals surface area contributed by atoms with Gasteiger partial charge in [-0.1, -0.05) is 34.8 Å². The Morgan fingerprint density at radius 1 is 1.12 bits per heavy atom. The number of nitro groups is 1. The second kappa shape index (κ2) is 7.65. The van der Waals surface area contributed by atoms with Gasteiger partial charge in [0.15, 0.2) is 0 Å². The summed E-state index contributed by atoms with van der Waals surface area (Å²) in [5.74, 6) is -1.44. The summed E-state index contributed by atoms with van der Waals surface area (Å²) < 4.78 is 13.2. The van der Waals surface area contributed by atoms with Crippen LogP contribution in [-0.2, 0) is 4.79 Å². The number of benzene rings is 2. The average Bonchev–Trinajstić information content (AvgIpc) is 2.51. The van der Waals surface area contributed by atoms with Crippen LogP contribution in [0.25, 0.3) is 0 Å². The van der Waals surface area contributed by atoms with E-state index in [9.17, 15) is 19.3 Å². The van der Waals surface area contributed by atoms with Gasteiger partial charge >= 0.3 is 5.69 Å². The summed E-state index contributed by atoms with van der Waals surface area (Å²) in [6.07, 6.45) is 0. The van der Waals surface area contributed by atoms with Gasteiger partial charge in [-0.05, 0) is 24.3 Å². The molecule has 126 valence electrons. The van der Waals surface area contributed by atoms with Gasteiger partial charge in [0, 0.05) is 11.8 Å². The SMILES string of the molecule is O=C(CNc1ccc(F)c([N+](=O)[O-])c1)Nc1cc(Cl)c(Cl)cc1Cl. The Morgan fingerprint density at radius 2 is 1.79 bits per heavy atom. The van der Waals surface area contributed by atoms with Gasteiger partial charge in [-0.3, -0.25) is 14.9 Å². The Labute approximate surface area is 150 Å². The lowest BCUT2D eigenvalue weighted by atomic mass is 10.2. The van der Waals surface area contributed by atoms with E-state index in [4.69, 9.17) is 34.8 Å². The van der Waals surface area contributed by atoms with Gasteiger partial charge in [0.05, 0.1) is 32.2 Å². The first-order valence-corrected chi connectivity index (χ1v) is 7.53. The van der Waals surface area contributed by atoms with Crippen LogP contribution in [0, 0.1) is 15.9 Å². The highest BCUT2D eigenvalue weighted by Crippen LogP contribution is 2.32. The number of amides is 1. The minimum absolute atomic E-state index is 0.204. The molecule has 0 saturated heterocycles. The van der Waals surface area contributed by atoms with Crippen LogP contribution >= 0.6 is 34.8 Å². The highest BCUT2D eigenvalue weighted by molar-refractivity contribution is 6.44. The van der Waals surface area contributed by atoms with Crippen LogP contribution in [-0.4, -0.2) is 17.4 Å². The van der Waals surface area contributed by atoms with Gasteiger partial charge in [0.2, 0.25) is 11.7 Å². The van der Waals surface area contributed by atoms with Gasteiger partial charge in [-0.25, -0.2) is 0 Å². The van der Waals surface area contributed by atoms with Crippen LogP contribution in [0.1, 0.15) is 0 Å². The molecule has 0 aliphatic rings. The molecule has 10 heteroatoms. The molecular formula is C14H9Cl3FN3O3. The zero-order valence-electron chi connectivity index (χ0n) is 11.8. The molecule has 0 atom stereocenters. The van der Waals surface area contributed by atoms with Gasteiger partial charge in [-0.15, -0.1) is 0 Å². The van der Waals surface area contributed by atoms with Crippen molar-refractivity contribution in [2.24, 2.45) is 0 Å². The number of carbonyl (C=O) groups excluding carboxylic acids is 1. The first kappa shape index (κ1) is 18.3. The van der Waals surface area contributed by atoms with E-state index >= 15 is 0 Å². The van der Waals surface area contributed by atoms with Crippen LogP contribution in [0.2, 0.25) is 15.1 Å². The topological polar surface area (TPSA) is 84.3 Å². The fraction of sp³-hybridized carbons (Fsp3) is 0.0714. The second-order valence-corrected chi connectivity index (χ2v) is 5.79. The van der Waals surface area contributed by atoms with E-state index in [1.54, 1.807) is 0 Å². The number of nitrogens with one attached hydrogen (secondary N) is 2. The Hall–Kier alpha value is -2.09. The maximum Gasteiger partial charge on any atom is 0.306 e. The van der Waals surface area contributed by atoms with E-state index in [0.29, 0.717) is 0 Å². The molecule has 0 unspecified atom stereocenters. The highest BCUT2D eigenvalue weighted by atomic mass is 35.5. The van der Waals surface area contributed by atoms with E-state index in [1.165, 1.54) is 18.2 Å². The van der Waals surface area contributed by atoms with Crippen LogP contribution in [0.4, 0.5) is 21.5 Å². The summed E-state index contributed by atoms with van der Waals surface area (Å²) in [5, 5.41) is 16.5. The van der Waals surface area contributed by atoms with Crippen molar-refractivity contribution in [2.75, 3.05) is 17.2 Å². The number of rotatable bonds is 5. The fourth-order valence-electron chi connectivity index (χ4n) is 1.76. The van der Waals surface area contributed by atoms with Crippen molar-refractivity contribution in [3.05, 3.63) is 61.3 Å². The summed E-state index contributed by atoms with van der Waals surface area (Å²) >= 11 is 17.6. The van der Waals surface area contributed by atoms with E-state index < -0.39 is 22.3 Å². The zero-order valence-corrected chi connectivity index (χ0v) is 14.0. The molecule has 6 nitrogen and oxygen atoms in total. The first-order valence-electron chi connectivity index (χ1n) is 6.40. The van der Waals surface area contributed by atoms with Crippen LogP contribution in [0.15, 0.2) is 30.3 Å². The molecule has 0 aromatic heterocycles. The van der Waals surface area contributed by atoms with Crippen molar-refractivity contribution in [1.82, 2.24) is 0 Å². The molecule has 0 bridgehead atoms. The molecule has 0 aliphatic carbocycles. The lowest BCUT2D eigenvalue weighted by Crippen LogP contribution is -2.22. The van der Waals surface area contributed by atoms with E-state index in [-0.39, 0.29) is 33.0 Å². The summed E-state index contributed by atoms with van der Waals surface area (Å²) in [6.45, 7) is -0.223. The Kier molecular flexibility index (Phi) is 5.82. The molecule has 2 aromatic carbocycles. The third-order valence-corrected chi connectivity index (χ3v) is 3.91. The number of nitro benzene ring substituents is 1. The first-order chi connectivity index (χ1) is 11.3. The molecule has 0 fully saturated rings. The van der Waals surface area contributed by atoms with Crippen LogP contribution in [0.3, 0.4) is 0 Å². The predicted molar refractivity (Wildman–Crippen MR) is 91.6 cm³/mol. The van der Waals surface area contributed by atoms with E-state index in [0.717, 1.165) is 12.1 Å². The zero-order chi connectivity index (χ0) is 17.9. The highest BCUT2D eigenvalue weighted by Gasteiger charge is 2.15. The van der Waals surface area contributed by atoms with Gasteiger partial charge in [0.25, 0.3) is 0 Å². The molecule has 0 spiro atoms. The summed E-state index contributed by atoms with van der Waals surface area (Å²) in [4.78, 5) is 21.7. The molecule has 24 heavy (non-hydrogen) atoms. The normalized spacial score (nSPS) is 10.3. The number of halogens is 4. The number of nitrogens with zero attached hydrogens (tertiary/aromatic N) is 1. The third kappa shape index (κ3) is 4.47. The third-order valence-electron chi connectivity index (χ3n) is 2.88. The van der Waals surface area contributed by atoms with E-state index in [2.05, 4.69) is 10.6 Å². The monoisotopic (exact) mass is 391 g/mol. The average molecular weight is 393 g/mol. The molecule has 0 saturated carbocycles. The Balaban J connectivity index is 2.03. The molecule has 0 radical (unpaired) electrons. The Morgan fingerprint density at radius 3 is 2.46 bits per heavy atom. The van der Waals surface area contributed by atoms with Gasteiger partial charge < -0.3 is 10.6 Å². The van der Waals surface area contributed by atoms with Crippen LogP contribution < -0.4 is 10.6 Å². The Bertz CT molecular complexity index is 817. The molecule has 2 N–H and O–H groups in total. The quantitative estimate of drug-likeness (QED) is 0.437. The maximum atomic E-state index is 13.2. The minimum Gasteiger partial charge on any atom is -0.376 e. The number of hydrogen-bond acceptors (Lipinski definition) is 4. The summed E-state index contributed by atoms with van der Waals surface area (Å²) in [6, 6.07) is 6.00. The predicted octanol–water partition coefficient (Wildman–Crippen LogP) is 4.74. The molecule has 2 rings (SSSR count). The molecule has 2 aromatic rings. The van der Waals surface area contributed by atoms with Crippen molar-refractivity contribution in [3.63, 3.8) is 0 Å². The molecule has 1 amide bonds. The summed E-state index contributed by atoms with van der Waals surface area (Å²) in [7, 11) is 0. The van der Waals surface area contributed by atoms with Crippen molar-refractivity contribution >= 4 is 57.8 Å². The van der Waals surface area contributed by atoms with Crippen LogP contribution in [0.5, 0.6) is 0 Å². The molecule has 0 aliphatic heterocycles. The maximum absolute atomic E-state index is 13.2. The lowest BCUT2D eigenvalue weighted by Gasteiger charge is -2.10.